The highest BCUT2D eigenvalue weighted by Gasteiger charge is 2.32. The van der Waals surface area contributed by atoms with Crippen LogP contribution in [0.15, 0.2) is 22.7 Å². The Bertz CT molecular complexity index is 832. The Kier molecular flexibility index (Phi) is 6.01. The maximum Gasteiger partial charge on any atom is 0.310 e. The quantitative estimate of drug-likeness (QED) is 0.506. The molecule has 3 heterocycles. The van der Waals surface area contributed by atoms with E-state index in [0.717, 1.165) is 41.5 Å². The molecule has 1 saturated carbocycles. The minimum atomic E-state index is -0.205. The Balaban J connectivity index is 1.39. The topological polar surface area (TPSA) is 77.3 Å². The van der Waals surface area contributed by atoms with Gasteiger partial charge in [0.2, 0.25) is 5.91 Å². The average molecular weight is 421 g/mol. The number of aromatic nitrogens is 3. The molecule has 9 heteroatoms. The van der Waals surface area contributed by atoms with Crippen molar-refractivity contribution in [3.63, 3.8) is 0 Å². The van der Waals surface area contributed by atoms with Gasteiger partial charge >= 0.3 is 5.97 Å². The van der Waals surface area contributed by atoms with Crippen molar-refractivity contribution in [3.05, 3.63) is 17.5 Å². The minimum absolute atomic E-state index is 0.0435. The minimum Gasteiger partial charge on any atom is -0.466 e. The number of ether oxygens (including phenoxy) is 1. The van der Waals surface area contributed by atoms with Gasteiger partial charge in [-0.25, -0.2) is 0 Å². The van der Waals surface area contributed by atoms with Crippen molar-refractivity contribution in [2.75, 3.05) is 25.4 Å². The molecule has 0 N–H and O–H groups in total. The van der Waals surface area contributed by atoms with Crippen LogP contribution in [0, 0.1) is 5.92 Å². The maximum atomic E-state index is 12.7. The monoisotopic (exact) mass is 420 g/mol. The van der Waals surface area contributed by atoms with Gasteiger partial charge in [0.1, 0.15) is 0 Å². The molecule has 0 unspecified atom stereocenters. The van der Waals surface area contributed by atoms with Crippen LogP contribution in [0.4, 0.5) is 0 Å². The number of rotatable bonds is 7. The summed E-state index contributed by atoms with van der Waals surface area (Å²) in [7, 11) is 0. The zero-order chi connectivity index (χ0) is 19.5. The predicted octanol–water partition coefficient (Wildman–Crippen LogP) is 3.24. The van der Waals surface area contributed by atoms with Gasteiger partial charge in [0.15, 0.2) is 11.0 Å². The Labute approximate surface area is 172 Å². The first-order chi connectivity index (χ1) is 13.7. The second kappa shape index (κ2) is 8.65. The number of nitrogens with zero attached hydrogens (tertiary/aromatic N) is 4. The molecular formula is C19H24N4O3S2. The number of hydrogen-bond acceptors (Lipinski definition) is 7. The number of carbonyl (C=O) groups excluding carboxylic acids is 2. The first-order valence-corrected chi connectivity index (χ1v) is 11.6. The zero-order valence-corrected chi connectivity index (χ0v) is 17.5. The Morgan fingerprint density at radius 1 is 1.32 bits per heavy atom. The molecule has 1 aliphatic carbocycles. The summed E-state index contributed by atoms with van der Waals surface area (Å²) >= 11 is 3.09. The lowest BCUT2D eigenvalue weighted by atomic mass is 9.98. The number of hydrogen-bond donors (Lipinski definition) is 0. The molecule has 4 rings (SSSR count). The van der Waals surface area contributed by atoms with Crippen LogP contribution >= 0.6 is 23.1 Å². The fourth-order valence-corrected chi connectivity index (χ4v) is 5.10. The zero-order valence-electron chi connectivity index (χ0n) is 15.9. The van der Waals surface area contributed by atoms with Crippen molar-refractivity contribution < 1.29 is 14.3 Å². The van der Waals surface area contributed by atoms with Crippen molar-refractivity contribution in [1.29, 1.82) is 0 Å². The number of likely N-dealkylation sites (tertiary alicyclic amines) is 1. The van der Waals surface area contributed by atoms with E-state index in [2.05, 4.69) is 20.8 Å². The first-order valence-electron chi connectivity index (χ1n) is 9.73. The number of carbonyl (C=O) groups is 2. The summed E-state index contributed by atoms with van der Waals surface area (Å²) in [4.78, 5) is 27.6. The molecule has 1 aliphatic heterocycles. The fraction of sp³-hybridized carbons (Fsp3) is 0.579. The molecule has 2 aliphatic rings. The van der Waals surface area contributed by atoms with Crippen LogP contribution in [0.25, 0.3) is 10.7 Å². The van der Waals surface area contributed by atoms with E-state index in [1.807, 2.05) is 11.4 Å². The van der Waals surface area contributed by atoms with Crippen molar-refractivity contribution in [2.45, 2.75) is 43.8 Å². The van der Waals surface area contributed by atoms with Crippen molar-refractivity contribution >= 4 is 35.0 Å². The van der Waals surface area contributed by atoms with Crippen LogP contribution in [0.1, 0.15) is 38.6 Å². The molecule has 1 atom stereocenters. The second-order valence-electron chi connectivity index (χ2n) is 7.10. The SMILES string of the molecule is CCOC(=O)[C@@H]1CCCN(C(=O)CSc2nnc(-c3cccs3)n2C2CC2)C1. The van der Waals surface area contributed by atoms with Gasteiger partial charge in [0, 0.05) is 19.1 Å². The molecule has 0 radical (unpaired) electrons. The molecule has 2 aromatic rings. The third-order valence-corrected chi connectivity index (χ3v) is 6.83. The molecule has 1 amide bonds. The van der Waals surface area contributed by atoms with Gasteiger partial charge in [-0.15, -0.1) is 21.5 Å². The van der Waals surface area contributed by atoms with Crippen LogP contribution in [-0.2, 0) is 14.3 Å². The summed E-state index contributed by atoms with van der Waals surface area (Å²) in [5.41, 5.74) is 0. The van der Waals surface area contributed by atoms with Crippen LogP contribution < -0.4 is 0 Å². The van der Waals surface area contributed by atoms with Crippen LogP contribution in [-0.4, -0.2) is 57.0 Å². The first kappa shape index (κ1) is 19.4. The molecule has 7 nitrogen and oxygen atoms in total. The summed E-state index contributed by atoms with van der Waals surface area (Å²) in [6.07, 6.45) is 3.88. The largest absolute Gasteiger partial charge is 0.466 e. The van der Waals surface area contributed by atoms with E-state index in [0.29, 0.717) is 31.5 Å². The van der Waals surface area contributed by atoms with E-state index < -0.39 is 0 Å². The van der Waals surface area contributed by atoms with Crippen LogP contribution in [0.5, 0.6) is 0 Å². The normalized spacial score (nSPS) is 19.6. The lowest BCUT2D eigenvalue weighted by molar-refractivity contribution is -0.151. The highest BCUT2D eigenvalue weighted by Crippen LogP contribution is 2.41. The summed E-state index contributed by atoms with van der Waals surface area (Å²) in [5, 5.41) is 11.6. The molecule has 0 bridgehead atoms. The van der Waals surface area contributed by atoms with Crippen molar-refractivity contribution in [3.8, 4) is 10.7 Å². The van der Waals surface area contributed by atoms with E-state index in [9.17, 15) is 9.59 Å². The van der Waals surface area contributed by atoms with Crippen molar-refractivity contribution in [2.24, 2.45) is 5.92 Å². The summed E-state index contributed by atoms with van der Waals surface area (Å²) < 4.78 is 7.31. The van der Waals surface area contributed by atoms with Crippen LogP contribution in [0.3, 0.4) is 0 Å². The number of amides is 1. The molecule has 0 spiro atoms. The maximum absolute atomic E-state index is 12.7. The predicted molar refractivity (Wildman–Crippen MR) is 108 cm³/mol. The third-order valence-electron chi connectivity index (χ3n) is 5.04. The van der Waals surface area contributed by atoms with E-state index in [1.54, 1.807) is 23.2 Å². The highest BCUT2D eigenvalue weighted by molar-refractivity contribution is 7.99. The van der Waals surface area contributed by atoms with E-state index in [-0.39, 0.29) is 17.8 Å². The molecule has 150 valence electrons. The van der Waals surface area contributed by atoms with Gasteiger partial charge in [-0.05, 0) is 44.1 Å². The van der Waals surface area contributed by atoms with Crippen molar-refractivity contribution in [1.82, 2.24) is 19.7 Å². The van der Waals surface area contributed by atoms with Crippen LogP contribution in [0.2, 0.25) is 0 Å². The molecule has 28 heavy (non-hydrogen) atoms. The lowest BCUT2D eigenvalue weighted by Crippen LogP contribution is -2.43. The fourth-order valence-electron chi connectivity index (χ4n) is 3.48. The Morgan fingerprint density at radius 2 is 2.18 bits per heavy atom. The summed E-state index contributed by atoms with van der Waals surface area (Å²) in [6.45, 7) is 3.34. The van der Waals surface area contributed by atoms with Gasteiger partial charge in [-0.3, -0.25) is 14.2 Å². The summed E-state index contributed by atoms with van der Waals surface area (Å²) in [6, 6.07) is 4.50. The van der Waals surface area contributed by atoms with E-state index >= 15 is 0 Å². The molecule has 2 fully saturated rings. The number of esters is 1. The number of thioether (sulfide) groups is 1. The lowest BCUT2D eigenvalue weighted by Gasteiger charge is -2.31. The standard InChI is InChI=1S/C19H24N4O3S2/c1-2-26-18(25)13-5-3-9-22(11-13)16(24)12-28-19-21-20-17(15-6-4-10-27-15)23(19)14-7-8-14/h4,6,10,13-14H,2-3,5,7-9,11-12H2,1H3/t13-/m1/s1. The molecule has 1 saturated heterocycles. The van der Waals surface area contributed by atoms with Gasteiger partial charge in [0.05, 0.1) is 23.2 Å². The number of thiophene rings is 1. The van der Waals surface area contributed by atoms with E-state index in [4.69, 9.17) is 4.74 Å². The second-order valence-corrected chi connectivity index (χ2v) is 8.99. The van der Waals surface area contributed by atoms with Gasteiger partial charge in [-0.2, -0.15) is 0 Å². The van der Waals surface area contributed by atoms with E-state index in [1.165, 1.54) is 11.8 Å². The molecular weight excluding hydrogens is 396 g/mol. The molecule has 2 aromatic heterocycles. The Morgan fingerprint density at radius 3 is 2.89 bits per heavy atom. The summed E-state index contributed by atoms with van der Waals surface area (Å²) in [5.74, 6) is 0.852. The van der Waals surface area contributed by atoms with Gasteiger partial charge in [0.25, 0.3) is 0 Å². The smallest absolute Gasteiger partial charge is 0.310 e. The number of piperidine rings is 1. The third kappa shape index (κ3) is 4.25. The molecule has 0 aromatic carbocycles. The average Bonchev–Trinajstić information content (AvgIpc) is 3.23. The van der Waals surface area contributed by atoms with Gasteiger partial charge in [-0.1, -0.05) is 17.8 Å². The van der Waals surface area contributed by atoms with Gasteiger partial charge < -0.3 is 9.64 Å². The Hall–Kier alpha value is -1.87. The highest BCUT2D eigenvalue weighted by atomic mass is 32.2.